The number of ether oxygens (including phenoxy) is 1. The van der Waals surface area contributed by atoms with E-state index in [9.17, 15) is 17.6 Å². The van der Waals surface area contributed by atoms with E-state index in [1.807, 2.05) is 0 Å². The third-order valence-corrected chi connectivity index (χ3v) is 6.11. The standard InChI is InChI=1S/C18H19FN2O4S/c1-13-6-7-14(12-15(13)19)18(22)20-16-4-2-3-5-17(16)26(23,24)21-8-10-25-11-9-21/h2-7,12H,8-11H2,1H3,(H,20,22). The summed E-state index contributed by atoms with van der Waals surface area (Å²) in [6.45, 7) is 2.77. The lowest BCUT2D eigenvalue weighted by molar-refractivity contribution is 0.0730. The number of hydrogen-bond donors (Lipinski definition) is 1. The molecule has 26 heavy (non-hydrogen) atoms. The normalized spacial score (nSPS) is 15.6. The van der Waals surface area contributed by atoms with Crippen molar-refractivity contribution in [2.75, 3.05) is 31.6 Å². The van der Waals surface area contributed by atoms with E-state index in [2.05, 4.69) is 5.32 Å². The number of para-hydroxylation sites is 1. The van der Waals surface area contributed by atoms with Crippen molar-refractivity contribution < 1.29 is 22.3 Å². The number of hydrogen-bond acceptors (Lipinski definition) is 4. The number of aryl methyl sites for hydroxylation is 1. The van der Waals surface area contributed by atoms with Gasteiger partial charge in [0.1, 0.15) is 10.7 Å². The molecular formula is C18H19FN2O4S. The molecule has 1 saturated heterocycles. The lowest BCUT2D eigenvalue weighted by atomic mass is 10.1. The molecule has 2 aromatic rings. The molecule has 0 aromatic heterocycles. The zero-order chi connectivity index (χ0) is 18.7. The molecule has 0 atom stereocenters. The van der Waals surface area contributed by atoms with E-state index in [-0.39, 0.29) is 29.2 Å². The summed E-state index contributed by atoms with van der Waals surface area (Å²) in [5.41, 5.74) is 0.702. The van der Waals surface area contributed by atoms with Gasteiger partial charge in [0.05, 0.1) is 18.9 Å². The van der Waals surface area contributed by atoms with Crippen molar-refractivity contribution in [1.82, 2.24) is 4.31 Å². The topological polar surface area (TPSA) is 75.7 Å². The number of morpholine rings is 1. The summed E-state index contributed by atoms with van der Waals surface area (Å²) in [6, 6.07) is 10.3. The van der Waals surface area contributed by atoms with E-state index in [4.69, 9.17) is 4.74 Å². The molecule has 8 heteroatoms. The van der Waals surface area contributed by atoms with Crippen molar-refractivity contribution in [3.63, 3.8) is 0 Å². The Morgan fingerprint density at radius 3 is 2.54 bits per heavy atom. The molecule has 0 radical (unpaired) electrons. The van der Waals surface area contributed by atoms with Crippen LogP contribution in [0.1, 0.15) is 15.9 Å². The van der Waals surface area contributed by atoms with E-state index in [0.29, 0.717) is 18.8 Å². The lowest BCUT2D eigenvalue weighted by Gasteiger charge is -2.26. The molecule has 3 rings (SSSR count). The maximum atomic E-state index is 13.7. The zero-order valence-corrected chi connectivity index (χ0v) is 15.1. The number of amides is 1. The fraction of sp³-hybridized carbons (Fsp3) is 0.278. The Labute approximate surface area is 151 Å². The number of anilines is 1. The van der Waals surface area contributed by atoms with E-state index in [1.165, 1.54) is 28.6 Å². The molecule has 6 nitrogen and oxygen atoms in total. The molecule has 2 aromatic carbocycles. The van der Waals surface area contributed by atoms with Crippen molar-refractivity contribution in [2.45, 2.75) is 11.8 Å². The van der Waals surface area contributed by atoms with Gasteiger partial charge in [0.25, 0.3) is 5.91 Å². The van der Waals surface area contributed by atoms with Crippen LogP contribution in [0.2, 0.25) is 0 Å². The van der Waals surface area contributed by atoms with Crippen LogP contribution < -0.4 is 5.32 Å². The van der Waals surface area contributed by atoms with Crippen LogP contribution in [0.5, 0.6) is 0 Å². The minimum atomic E-state index is -3.77. The first-order valence-corrected chi connectivity index (χ1v) is 9.58. The number of halogens is 1. The molecule has 138 valence electrons. The molecule has 1 fully saturated rings. The van der Waals surface area contributed by atoms with Crippen LogP contribution in [0.3, 0.4) is 0 Å². The van der Waals surface area contributed by atoms with E-state index >= 15 is 0 Å². The summed E-state index contributed by atoms with van der Waals surface area (Å²) in [5.74, 6) is -1.07. The summed E-state index contributed by atoms with van der Waals surface area (Å²) in [7, 11) is -3.77. The van der Waals surface area contributed by atoms with Gasteiger partial charge in [0, 0.05) is 18.7 Å². The average molecular weight is 378 g/mol. The Morgan fingerprint density at radius 1 is 1.15 bits per heavy atom. The van der Waals surface area contributed by atoms with Crippen LogP contribution in [0.4, 0.5) is 10.1 Å². The van der Waals surface area contributed by atoms with E-state index < -0.39 is 21.7 Å². The quantitative estimate of drug-likeness (QED) is 0.887. The van der Waals surface area contributed by atoms with Gasteiger partial charge < -0.3 is 10.1 Å². The summed E-state index contributed by atoms with van der Waals surface area (Å²) >= 11 is 0. The van der Waals surface area contributed by atoms with Crippen molar-refractivity contribution in [3.05, 3.63) is 59.4 Å². The van der Waals surface area contributed by atoms with Crippen molar-refractivity contribution in [1.29, 1.82) is 0 Å². The molecule has 1 heterocycles. The van der Waals surface area contributed by atoms with Crippen LogP contribution in [-0.2, 0) is 14.8 Å². The average Bonchev–Trinajstić information content (AvgIpc) is 2.65. The predicted octanol–water partition coefficient (Wildman–Crippen LogP) is 2.41. The SMILES string of the molecule is Cc1ccc(C(=O)Nc2ccccc2S(=O)(=O)N2CCOCC2)cc1F. The third kappa shape index (κ3) is 3.77. The molecule has 0 saturated carbocycles. The highest BCUT2D eigenvalue weighted by atomic mass is 32.2. The van der Waals surface area contributed by atoms with Gasteiger partial charge in [-0.05, 0) is 36.8 Å². The maximum absolute atomic E-state index is 13.7. The molecule has 0 bridgehead atoms. The van der Waals surface area contributed by atoms with Gasteiger partial charge in [-0.15, -0.1) is 0 Å². The zero-order valence-electron chi connectivity index (χ0n) is 14.2. The van der Waals surface area contributed by atoms with Crippen LogP contribution in [-0.4, -0.2) is 44.9 Å². The molecule has 0 unspecified atom stereocenters. The van der Waals surface area contributed by atoms with Crippen molar-refractivity contribution >= 4 is 21.6 Å². The molecule has 1 aliphatic heterocycles. The summed E-state index contributed by atoms with van der Waals surface area (Å²) in [4.78, 5) is 12.4. The fourth-order valence-corrected chi connectivity index (χ4v) is 4.20. The first-order chi connectivity index (χ1) is 12.4. The van der Waals surface area contributed by atoms with Gasteiger partial charge >= 0.3 is 0 Å². The molecule has 0 aliphatic carbocycles. The Morgan fingerprint density at radius 2 is 1.85 bits per heavy atom. The van der Waals surface area contributed by atoms with Crippen LogP contribution in [0, 0.1) is 12.7 Å². The van der Waals surface area contributed by atoms with Crippen molar-refractivity contribution in [3.8, 4) is 0 Å². The monoisotopic (exact) mass is 378 g/mol. The number of nitrogens with one attached hydrogen (secondary N) is 1. The van der Waals surface area contributed by atoms with Crippen LogP contribution in [0.15, 0.2) is 47.4 Å². The second-order valence-corrected chi connectivity index (χ2v) is 7.84. The van der Waals surface area contributed by atoms with Gasteiger partial charge in [-0.25, -0.2) is 12.8 Å². The number of benzene rings is 2. The highest BCUT2D eigenvalue weighted by Gasteiger charge is 2.28. The van der Waals surface area contributed by atoms with Crippen LogP contribution >= 0.6 is 0 Å². The molecular weight excluding hydrogens is 359 g/mol. The largest absolute Gasteiger partial charge is 0.379 e. The Bertz CT molecular complexity index is 925. The summed E-state index contributed by atoms with van der Waals surface area (Å²) < 4.78 is 46.0. The van der Waals surface area contributed by atoms with E-state index in [0.717, 1.165) is 6.07 Å². The Hall–Kier alpha value is -2.29. The lowest BCUT2D eigenvalue weighted by Crippen LogP contribution is -2.40. The van der Waals surface area contributed by atoms with Gasteiger partial charge in [-0.3, -0.25) is 4.79 Å². The highest BCUT2D eigenvalue weighted by Crippen LogP contribution is 2.25. The number of rotatable bonds is 4. The number of sulfonamides is 1. The smallest absolute Gasteiger partial charge is 0.255 e. The summed E-state index contributed by atoms with van der Waals surface area (Å²) in [5, 5.41) is 2.58. The Balaban J connectivity index is 1.89. The Kier molecular flexibility index (Phi) is 5.36. The van der Waals surface area contributed by atoms with Crippen molar-refractivity contribution in [2.24, 2.45) is 0 Å². The first kappa shape index (κ1) is 18.5. The minimum absolute atomic E-state index is 0.00262. The summed E-state index contributed by atoms with van der Waals surface area (Å²) in [6.07, 6.45) is 0. The number of carbonyl (C=O) groups is 1. The fourth-order valence-electron chi connectivity index (χ4n) is 2.65. The highest BCUT2D eigenvalue weighted by molar-refractivity contribution is 7.89. The number of carbonyl (C=O) groups excluding carboxylic acids is 1. The van der Waals surface area contributed by atoms with Gasteiger partial charge in [0.2, 0.25) is 10.0 Å². The van der Waals surface area contributed by atoms with Gasteiger partial charge in [-0.2, -0.15) is 4.31 Å². The van der Waals surface area contributed by atoms with Gasteiger partial charge in [-0.1, -0.05) is 18.2 Å². The molecule has 1 N–H and O–H groups in total. The first-order valence-electron chi connectivity index (χ1n) is 8.14. The maximum Gasteiger partial charge on any atom is 0.255 e. The predicted molar refractivity (Wildman–Crippen MR) is 95.1 cm³/mol. The second-order valence-electron chi connectivity index (χ2n) is 5.93. The van der Waals surface area contributed by atoms with Gasteiger partial charge in [0.15, 0.2) is 0 Å². The molecule has 1 amide bonds. The second kappa shape index (κ2) is 7.53. The number of nitrogens with zero attached hydrogens (tertiary/aromatic N) is 1. The molecule has 0 spiro atoms. The third-order valence-electron chi connectivity index (χ3n) is 4.16. The molecule has 1 aliphatic rings. The van der Waals surface area contributed by atoms with E-state index in [1.54, 1.807) is 19.1 Å². The van der Waals surface area contributed by atoms with Crippen LogP contribution in [0.25, 0.3) is 0 Å². The minimum Gasteiger partial charge on any atom is -0.379 e.